The van der Waals surface area contributed by atoms with Crippen LogP contribution in [0.4, 0.5) is 0 Å². The first kappa shape index (κ1) is 11.4. The number of rotatable bonds is 2. The Bertz CT molecular complexity index is 603. The molecule has 0 aliphatic heterocycles. The summed E-state index contributed by atoms with van der Waals surface area (Å²) in [7, 11) is 1.62. The first-order valence-electron chi connectivity index (χ1n) is 5.34. The molecule has 0 atom stereocenters. The third-order valence-corrected chi connectivity index (χ3v) is 2.89. The molecule has 1 N–H and O–H groups in total. The number of benzene rings is 1. The van der Waals surface area contributed by atoms with Gasteiger partial charge in [-0.15, -0.1) is 0 Å². The van der Waals surface area contributed by atoms with Crippen LogP contribution in [0.5, 0.6) is 5.75 Å². The predicted molar refractivity (Wildman–Crippen MR) is 66.3 cm³/mol. The highest BCUT2D eigenvalue weighted by Crippen LogP contribution is 2.29. The van der Waals surface area contributed by atoms with Gasteiger partial charge < -0.3 is 4.74 Å². The van der Waals surface area contributed by atoms with Gasteiger partial charge in [-0.1, -0.05) is 12.1 Å². The van der Waals surface area contributed by atoms with Crippen molar-refractivity contribution in [3.05, 3.63) is 45.7 Å². The Morgan fingerprint density at radius 2 is 1.88 bits per heavy atom. The van der Waals surface area contributed by atoms with Crippen molar-refractivity contribution in [1.82, 2.24) is 10.2 Å². The lowest BCUT2D eigenvalue weighted by Gasteiger charge is -2.10. The fourth-order valence-electron chi connectivity index (χ4n) is 1.72. The van der Waals surface area contributed by atoms with Gasteiger partial charge in [0, 0.05) is 11.1 Å². The van der Waals surface area contributed by atoms with E-state index in [1.807, 2.05) is 31.2 Å². The molecule has 0 aliphatic rings. The van der Waals surface area contributed by atoms with E-state index in [1.165, 1.54) is 0 Å². The number of H-pyrrole nitrogens is 1. The molecule has 88 valence electrons. The van der Waals surface area contributed by atoms with Gasteiger partial charge in [-0.05, 0) is 31.5 Å². The minimum Gasteiger partial charge on any atom is -0.496 e. The second kappa shape index (κ2) is 4.41. The van der Waals surface area contributed by atoms with E-state index in [9.17, 15) is 4.79 Å². The summed E-state index contributed by atoms with van der Waals surface area (Å²) >= 11 is 0. The van der Waals surface area contributed by atoms with Gasteiger partial charge in [0.2, 0.25) is 0 Å². The van der Waals surface area contributed by atoms with Gasteiger partial charge in [0.1, 0.15) is 5.75 Å². The standard InChI is InChI=1S/C13H14N2O2/c1-8-9(2)13(16)15-14-12(8)10-6-4-5-7-11(10)17-3/h4-7H,1-3H3,(H,15,16). The molecule has 4 nitrogen and oxygen atoms in total. The maximum atomic E-state index is 11.4. The summed E-state index contributed by atoms with van der Waals surface area (Å²) < 4.78 is 5.29. The van der Waals surface area contributed by atoms with Gasteiger partial charge in [0.15, 0.2) is 0 Å². The molecule has 0 fully saturated rings. The number of hydrogen-bond acceptors (Lipinski definition) is 3. The Morgan fingerprint density at radius 3 is 2.59 bits per heavy atom. The summed E-state index contributed by atoms with van der Waals surface area (Å²) in [5.41, 5.74) is 3.03. The lowest BCUT2D eigenvalue weighted by atomic mass is 10.0. The van der Waals surface area contributed by atoms with E-state index in [4.69, 9.17) is 4.74 Å². The first-order valence-corrected chi connectivity index (χ1v) is 5.34. The molecule has 0 radical (unpaired) electrons. The molecule has 0 saturated carbocycles. The number of nitrogens with zero attached hydrogens (tertiary/aromatic N) is 1. The largest absolute Gasteiger partial charge is 0.496 e. The quantitative estimate of drug-likeness (QED) is 0.859. The van der Waals surface area contributed by atoms with Crippen LogP contribution in [-0.2, 0) is 0 Å². The molecule has 0 aliphatic carbocycles. The van der Waals surface area contributed by atoms with Crippen LogP contribution in [0.1, 0.15) is 11.1 Å². The highest BCUT2D eigenvalue weighted by atomic mass is 16.5. The molecule has 0 spiro atoms. The summed E-state index contributed by atoms with van der Waals surface area (Å²) in [6.07, 6.45) is 0. The van der Waals surface area contributed by atoms with Gasteiger partial charge in [-0.25, -0.2) is 5.10 Å². The van der Waals surface area contributed by atoms with E-state index in [0.717, 1.165) is 22.6 Å². The molecule has 0 bridgehead atoms. The van der Waals surface area contributed by atoms with Gasteiger partial charge in [-0.3, -0.25) is 4.79 Å². The zero-order chi connectivity index (χ0) is 12.4. The maximum Gasteiger partial charge on any atom is 0.267 e. The van der Waals surface area contributed by atoms with Crippen molar-refractivity contribution in [3.63, 3.8) is 0 Å². The van der Waals surface area contributed by atoms with Crippen LogP contribution in [0.25, 0.3) is 11.3 Å². The van der Waals surface area contributed by atoms with E-state index in [-0.39, 0.29) is 5.56 Å². The average molecular weight is 230 g/mol. The number of methoxy groups -OCH3 is 1. The van der Waals surface area contributed by atoms with Crippen LogP contribution in [0.3, 0.4) is 0 Å². The number of hydrogen-bond donors (Lipinski definition) is 1. The Labute approximate surface area is 99.3 Å². The molecular weight excluding hydrogens is 216 g/mol. The van der Waals surface area contributed by atoms with Gasteiger partial charge in [-0.2, -0.15) is 5.10 Å². The van der Waals surface area contributed by atoms with E-state index >= 15 is 0 Å². The zero-order valence-electron chi connectivity index (χ0n) is 10.1. The van der Waals surface area contributed by atoms with Gasteiger partial charge in [0.05, 0.1) is 12.8 Å². The third kappa shape index (κ3) is 1.93. The van der Waals surface area contributed by atoms with E-state index in [0.29, 0.717) is 5.56 Å². The molecule has 2 aromatic rings. The Hall–Kier alpha value is -2.10. The summed E-state index contributed by atoms with van der Waals surface area (Å²) in [6.45, 7) is 3.67. The molecule has 1 heterocycles. The molecule has 0 unspecified atom stereocenters. The van der Waals surface area contributed by atoms with Crippen LogP contribution in [0, 0.1) is 13.8 Å². The average Bonchev–Trinajstić information content (AvgIpc) is 2.36. The Morgan fingerprint density at radius 1 is 1.18 bits per heavy atom. The molecule has 2 rings (SSSR count). The molecule has 0 saturated heterocycles. The second-order valence-electron chi connectivity index (χ2n) is 3.85. The molecule has 0 amide bonds. The topological polar surface area (TPSA) is 55.0 Å². The fourth-order valence-corrected chi connectivity index (χ4v) is 1.72. The first-order chi connectivity index (χ1) is 8.15. The van der Waals surface area contributed by atoms with Crippen LogP contribution in [-0.4, -0.2) is 17.3 Å². The zero-order valence-corrected chi connectivity index (χ0v) is 10.1. The van der Waals surface area contributed by atoms with Crippen LogP contribution < -0.4 is 10.3 Å². The Kier molecular flexibility index (Phi) is 2.95. The molecular formula is C13H14N2O2. The van der Waals surface area contributed by atoms with Gasteiger partial charge >= 0.3 is 0 Å². The number of aromatic nitrogens is 2. The number of ether oxygens (including phenoxy) is 1. The van der Waals surface area contributed by atoms with Crippen molar-refractivity contribution in [1.29, 1.82) is 0 Å². The van der Waals surface area contributed by atoms with Gasteiger partial charge in [0.25, 0.3) is 5.56 Å². The SMILES string of the molecule is COc1ccccc1-c1n[nH]c(=O)c(C)c1C. The predicted octanol–water partition coefficient (Wildman–Crippen LogP) is 2.06. The van der Waals surface area contributed by atoms with E-state index < -0.39 is 0 Å². The van der Waals surface area contributed by atoms with Crippen LogP contribution in [0.15, 0.2) is 29.1 Å². The van der Waals surface area contributed by atoms with Crippen molar-refractivity contribution in [2.45, 2.75) is 13.8 Å². The lowest BCUT2D eigenvalue weighted by Crippen LogP contribution is -2.14. The second-order valence-corrected chi connectivity index (χ2v) is 3.85. The van der Waals surface area contributed by atoms with Crippen molar-refractivity contribution >= 4 is 0 Å². The Balaban J connectivity index is 2.69. The van der Waals surface area contributed by atoms with Crippen molar-refractivity contribution in [2.75, 3.05) is 7.11 Å². The van der Waals surface area contributed by atoms with Crippen molar-refractivity contribution in [2.24, 2.45) is 0 Å². The minimum atomic E-state index is -0.152. The summed E-state index contributed by atoms with van der Waals surface area (Å²) in [5, 5.41) is 6.60. The molecule has 1 aromatic carbocycles. The van der Waals surface area contributed by atoms with Crippen LogP contribution >= 0.6 is 0 Å². The minimum absolute atomic E-state index is 0.152. The smallest absolute Gasteiger partial charge is 0.267 e. The van der Waals surface area contributed by atoms with Crippen molar-refractivity contribution < 1.29 is 4.74 Å². The summed E-state index contributed by atoms with van der Waals surface area (Å²) in [5.74, 6) is 0.745. The van der Waals surface area contributed by atoms with Crippen molar-refractivity contribution in [3.8, 4) is 17.0 Å². The molecule has 1 aromatic heterocycles. The van der Waals surface area contributed by atoms with E-state index in [1.54, 1.807) is 14.0 Å². The molecule has 17 heavy (non-hydrogen) atoms. The monoisotopic (exact) mass is 230 g/mol. The van der Waals surface area contributed by atoms with E-state index in [2.05, 4.69) is 10.2 Å². The van der Waals surface area contributed by atoms with Crippen LogP contribution in [0.2, 0.25) is 0 Å². The summed E-state index contributed by atoms with van der Waals surface area (Å²) in [4.78, 5) is 11.4. The number of nitrogens with one attached hydrogen (secondary N) is 1. The molecule has 4 heteroatoms. The lowest BCUT2D eigenvalue weighted by molar-refractivity contribution is 0.416. The fraction of sp³-hybridized carbons (Fsp3) is 0.231. The summed E-state index contributed by atoms with van der Waals surface area (Å²) in [6, 6.07) is 7.61. The normalized spacial score (nSPS) is 10.3. The number of aromatic amines is 1. The maximum absolute atomic E-state index is 11.4. The highest BCUT2D eigenvalue weighted by molar-refractivity contribution is 5.70. The number of para-hydroxylation sites is 1. The third-order valence-electron chi connectivity index (χ3n) is 2.89. The highest BCUT2D eigenvalue weighted by Gasteiger charge is 2.12.